The quantitative estimate of drug-likeness (QED) is 0.929. The molecule has 0 amide bonds. The van der Waals surface area contributed by atoms with E-state index in [4.69, 9.17) is 17.3 Å². The number of likely N-dealkylation sites (tertiary alicyclic amines) is 1. The smallest absolute Gasteiger partial charge is 0.0406 e. The maximum atomic E-state index is 6.29. The molecule has 3 rings (SSSR count). The van der Waals surface area contributed by atoms with E-state index in [0.717, 1.165) is 31.1 Å². The van der Waals surface area contributed by atoms with Gasteiger partial charge in [0, 0.05) is 30.7 Å². The van der Waals surface area contributed by atoms with E-state index in [-0.39, 0.29) is 6.04 Å². The van der Waals surface area contributed by atoms with Gasteiger partial charge in [-0.2, -0.15) is 0 Å². The van der Waals surface area contributed by atoms with Gasteiger partial charge < -0.3 is 5.73 Å². The first kappa shape index (κ1) is 15.5. The third-order valence-corrected chi connectivity index (χ3v) is 4.68. The van der Waals surface area contributed by atoms with Crippen LogP contribution in [0.1, 0.15) is 29.0 Å². The largest absolute Gasteiger partial charge is 0.327 e. The molecule has 2 aromatic rings. The number of nitrogens with zero attached hydrogens (tertiary/aromatic N) is 1. The summed E-state index contributed by atoms with van der Waals surface area (Å²) in [5, 5.41) is 0.792. The van der Waals surface area contributed by atoms with Gasteiger partial charge in [-0.25, -0.2) is 0 Å². The number of halogens is 1. The molecule has 0 radical (unpaired) electrons. The molecule has 2 unspecified atom stereocenters. The van der Waals surface area contributed by atoms with Gasteiger partial charge in [0.1, 0.15) is 0 Å². The third-order valence-electron chi connectivity index (χ3n) is 4.43. The normalized spacial score (nSPS) is 22.7. The Hall–Kier alpha value is -1.35. The first-order chi connectivity index (χ1) is 10.6. The number of piperidine rings is 1. The molecule has 2 nitrogen and oxygen atoms in total. The lowest BCUT2D eigenvalue weighted by Crippen LogP contribution is -2.45. The van der Waals surface area contributed by atoms with Crippen LogP contribution >= 0.6 is 11.6 Å². The molecule has 1 heterocycles. The van der Waals surface area contributed by atoms with Crippen molar-refractivity contribution in [2.75, 3.05) is 13.1 Å². The second-order valence-corrected chi connectivity index (χ2v) is 6.86. The second kappa shape index (κ2) is 6.82. The summed E-state index contributed by atoms with van der Waals surface area (Å²) in [6.45, 7) is 5.12. The molecule has 0 aromatic heterocycles. The molecular formula is C19H23ClN2. The van der Waals surface area contributed by atoms with Crippen LogP contribution in [-0.2, 0) is 6.54 Å². The van der Waals surface area contributed by atoms with E-state index in [0.29, 0.717) is 5.92 Å². The Bertz CT molecular complexity index is 606. The molecule has 116 valence electrons. The summed E-state index contributed by atoms with van der Waals surface area (Å²) in [6.07, 6.45) is 1.05. The van der Waals surface area contributed by atoms with Gasteiger partial charge >= 0.3 is 0 Å². The van der Waals surface area contributed by atoms with Crippen molar-refractivity contribution < 1.29 is 0 Å². The van der Waals surface area contributed by atoms with Crippen LogP contribution in [0.25, 0.3) is 0 Å². The standard InChI is InChI=1S/C19H23ClN2/c1-14-2-4-15(5-3-14)11-22-12-17(10-19(21)13-22)16-6-8-18(20)9-7-16/h2-9,17,19H,10-13,21H2,1H3. The van der Waals surface area contributed by atoms with Crippen LogP contribution in [-0.4, -0.2) is 24.0 Å². The Morgan fingerprint density at radius 2 is 1.73 bits per heavy atom. The number of aryl methyl sites for hydroxylation is 1. The van der Waals surface area contributed by atoms with Gasteiger partial charge in [0.25, 0.3) is 0 Å². The van der Waals surface area contributed by atoms with Crippen LogP contribution in [0.15, 0.2) is 48.5 Å². The van der Waals surface area contributed by atoms with Crippen molar-refractivity contribution in [3.63, 3.8) is 0 Å². The van der Waals surface area contributed by atoms with Crippen molar-refractivity contribution in [2.24, 2.45) is 5.73 Å². The van der Waals surface area contributed by atoms with Crippen molar-refractivity contribution in [1.29, 1.82) is 0 Å². The summed E-state index contributed by atoms with van der Waals surface area (Å²) in [4.78, 5) is 2.47. The van der Waals surface area contributed by atoms with Crippen LogP contribution in [0, 0.1) is 6.92 Å². The molecule has 0 spiro atoms. The molecule has 1 aliphatic heterocycles. The zero-order chi connectivity index (χ0) is 15.5. The molecule has 2 atom stereocenters. The molecule has 1 aliphatic rings. The van der Waals surface area contributed by atoms with E-state index in [1.54, 1.807) is 0 Å². The van der Waals surface area contributed by atoms with Crippen molar-refractivity contribution in [3.05, 3.63) is 70.2 Å². The van der Waals surface area contributed by atoms with Crippen molar-refractivity contribution >= 4 is 11.6 Å². The lowest BCUT2D eigenvalue weighted by molar-refractivity contribution is 0.181. The van der Waals surface area contributed by atoms with Crippen LogP contribution in [0.2, 0.25) is 5.02 Å². The molecule has 2 aromatic carbocycles. The fraction of sp³-hybridized carbons (Fsp3) is 0.368. The Balaban J connectivity index is 1.70. The highest BCUT2D eigenvalue weighted by Gasteiger charge is 2.26. The highest BCUT2D eigenvalue weighted by molar-refractivity contribution is 6.30. The average molecular weight is 315 g/mol. The minimum Gasteiger partial charge on any atom is -0.327 e. The molecule has 2 N–H and O–H groups in total. The molecule has 0 aliphatic carbocycles. The van der Waals surface area contributed by atoms with Crippen molar-refractivity contribution in [3.8, 4) is 0 Å². The fourth-order valence-electron chi connectivity index (χ4n) is 3.29. The molecule has 0 saturated carbocycles. The van der Waals surface area contributed by atoms with Gasteiger partial charge in [0.2, 0.25) is 0 Å². The topological polar surface area (TPSA) is 29.3 Å². The monoisotopic (exact) mass is 314 g/mol. The zero-order valence-corrected chi connectivity index (χ0v) is 13.8. The maximum Gasteiger partial charge on any atom is 0.0406 e. The zero-order valence-electron chi connectivity index (χ0n) is 13.0. The van der Waals surface area contributed by atoms with Gasteiger partial charge in [-0.05, 0) is 42.5 Å². The van der Waals surface area contributed by atoms with Gasteiger partial charge in [0.15, 0.2) is 0 Å². The van der Waals surface area contributed by atoms with Crippen LogP contribution in [0.3, 0.4) is 0 Å². The molecule has 1 saturated heterocycles. The maximum absolute atomic E-state index is 6.29. The third kappa shape index (κ3) is 3.89. The summed E-state index contributed by atoms with van der Waals surface area (Å²) >= 11 is 5.99. The average Bonchev–Trinajstić information content (AvgIpc) is 2.50. The van der Waals surface area contributed by atoms with E-state index < -0.39 is 0 Å². The van der Waals surface area contributed by atoms with Gasteiger partial charge in [0.05, 0.1) is 0 Å². The summed E-state index contributed by atoms with van der Waals surface area (Å²) < 4.78 is 0. The predicted molar refractivity (Wildman–Crippen MR) is 93.2 cm³/mol. The number of rotatable bonds is 3. The van der Waals surface area contributed by atoms with Crippen LogP contribution in [0.5, 0.6) is 0 Å². The van der Waals surface area contributed by atoms with E-state index in [1.165, 1.54) is 16.7 Å². The Labute approximate surface area is 137 Å². The van der Waals surface area contributed by atoms with Crippen molar-refractivity contribution in [1.82, 2.24) is 4.90 Å². The summed E-state index contributed by atoms with van der Waals surface area (Å²) in [7, 11) is 0. The van der Waals surface area contributed by atoms with E-state index in [2.05, 4.69) is 48.2 Å². The number of hydrogen-bond donors (Lipinski definition) is 1. The summed E-state index contributed by atoms with van der Waals surface area (Å²) in [5.74, 6) is 0.492. The highest BCUT2D eigenvalue weighted by Crippen LogP contribution is 2.28. The Morgan fingerprint density at radius 3 is 2.41 bits per heavy atom. The van der Waals surface area contributed by atoms with Gasteiger partial charge in [-0.1, -0.05) is 53.6 Å². The van der Waals surface area contributed by atoms with Crippen molar-refractivity contribution in [2.45, 2.75) is 31.8 Å². The van der Waals surface area contributed by atoms with Gasteiger partial charge in [-0.3, -0.25) is 4.90 Å². The Morgan fingerprint density at radius 1 is 1.05 bits per heavy atom. The lowest BCUT2D eigenvalue weighted by atomic mass is 9.88. The van der Waals surface area contributed by atoms with E-state index in [9.17, 15) is 0 Å². The van der Waals surface area contributed by atoms with Crippen LogP contribution in [0.4, 0.5) is 0 Å². The first-order valence-corrected chi connectivity index (χ1v) is 8.27. The Kier molecular flexibility index (Phi) is 4.82. The first-order valence-electron chi connectivity index (χ1n) is 7.89. The van der Waals surface area contributed by atoms with E-state index in [1.807, 2.05) is 12.1 Å². The SMILES string of the molecule is Cc1ccc(CN2CC(N)CC(c3ccc(Cl)cc3)C2)cc1. The number of nitrogens with two attached hydrogens (primary N) is 1. The van der Waals surface area contributed by atoms with E-state index >= 15 is 0 Å². The second-order valence-electron chi connectivity index (χ2n) is 6.42. The molecule has 0 bridgehead atoms. The highest BCUT2D eigenvalue weighted by atomic mass is 35.5. The molecule has 1 fully saturated rings. The predicted octanol–water partition coefficient (Wildman–Crippen LogP) is 3.97. The summed E-state index contributed by atoms with van der Waals surface area (Å²) in [6, 6.07) is 17.2. The van der Waals surface area contributed by atoms with Gasteiger partial charge in [-0.15, -0.1) is 0 Å². The number of benzene rings is 2. The number of hydrogen-bond acceptors (Lipinski definition) is 2. The lowest BCUT2D eigenvalue weighted by Gasteiger charge is -2.36. The van der Waals surface area contributed by atoms with Crippen LogP contribution < -0.4 is 5.73 Å². The molecular weight excluding hydrogens is 292 g/mol. The molecule has 3 heteroatoms. The summed E-state index contributed by atoms with van der Waals surface area (Å²) in [5.41, 5.74) is 10.3. The molecule has 22 heavy (non-hydrogen) atoms. The minimum absolute atomic E-state index is 0.236. The minimum atomic E-state index is 0.236. The fourth-order valence-corrected chi connectivity index (χ4v) is 3.42.